The third-order valence-corrected chi connectivity index (χ3v) is 4.10. The number of rotatable bonds is 5. The number of carbonyl (C=O) groups excluding carboxylic acids is 2. The van der Waals surface area contributed by atoms with E-state index in [-0.39, 0.29) is 23.5 Å². The van der Waals surface area contributed by atoms with Crippen LogP contribution in [0.25, 0.3) is 11.2 Å². The number of nitrogens with one attached hydrogen (secondary N) is 1. The Hall–Kier alpha value is -3.47. The summed E-state index contributed by atoms with van der Waals surface area (Å²) in [7, 11) is 2.80. The molecule has 0 fully saturated rings. The van der Waals surface area contributed by atoms with Gasteiger partial charge in [0.15, 0.2) is 17.8 Å². The average molecular weight is 407 g/mol. The number of fused-ring (bicyclic) bond motifs is 1. The quantitative estimate of drug-likeness (QED) is 0.574. The molecule has 12 heteroatoms. The molecule has 0 aliphatic rings. The molecule has 0 atom stereocenters. The summed E-state index contributed by atoms with van der Waals surface area (Å²) in [6.07, 6.45) is 2.62. The minimum atomic E-state index is -0.755. The first-order valence-electron chi connectivity index (χ1n) is 7.96. The van der Waals surface area contributed by atoms with E-state index in [1.165, 1.54) is 41.8 Å². The number of carbonyl (C=O) groups is 2. The third kappa shape index (κ3) is 3.78. The van der Waals surface area contributed by atoms with E-state index >= 15 is 0 Å². The van der Waals surface area contributed by atoms with Crippen LogP contribution < -0.4 is 16.6 Å². The molecular formula is C16H15ClN6O5. The molecule has 3 rings (SSSR count). The Morgan fingerprint density at radius 1 is 1.18 bits per heavy atom. The SMILES string of the molecule is Cn1c(=O)c2c(ncn2CC(=O)OCC(=O)Nc2ccc(Cl)cn2)n(C)c1=O. The Kier molecular flexibility index (Phi) is 5.27. The zero-order valence-electron chi connectivity index (χ0n) is 14.9. The molecule has 11 nitrogen and oxygen atoms in total. The molecule has 0 spiro atoms. The van der Waals surface area contributed by atoms with Crippen LogP contribution in [-0.4, -0.2) is 42.2 Å². The molecule has 0 aliphatic heterocycles. The third-order valence-electron chi connectivity index (χ3n) is 3.88. The average Bonchev–Trinajstić information content (AvgIpc) is 3.08. The zero-order valence-corrected chi connectivity index (χ0v) is 15.6. The first kappa shape index (κ1) is 19.3. The van der Waals surface area contributed by atoms with E-state index in [1.54, 1.807) is 6.07 Å². The van der Waals surface area contributed by atoms with Crippen molar-refractivity contribution in [3.8, 4) is 0 Å². The fourth-order valence-electron chi connectivity index (χ4n) is 2.48. The second kappa shape index (κ2) is 7.64. The number of pyridine rings is 1. The minimum Gasteiger partial charge on any atom is -0.454 e. The number of anilines is 1. The van der Waals surface area contributed by atoms with Gasteiger partial charge < -0.3 is 14.6 Å². The van der Waals surface area contributed by atoms with Crippen molar-refractivity contribution in [2.24, 2.45) is 14.1 Å². The molecule has 1 N–H and O–H groups in total. The summed E-state index contributed by atoms with van der Waals surface area (Å²) in [5.41, 5.74) is -0.892. The predicted octanol–water partition coefficient (Wildman–Crippen LogP) is -0.336. The molecule has 0 radical (unpaired) electrons. The van der Waals surface area contributed by atoms with Gasteiger partial charge in [-0.2, -0.15) is 0 Å². The zero-order chi connectivity index (χ0) is 20.4. The number of amides is 1. The topological polar surface area (TPSA) is 130 Å². The number of ether oxygens (including phenoxy) is 1. The maximum Gasteiger partial charge on any atom is 0.332 e. The van der Waals surface area contributed by atoms with Gasteiger partial charge in [-0.15, -0.1) is 0 Å². The van der Waals surface area contributed by atoms with Crippen LogP contribution in [0.5, 0.6) is 0 Å². The first-order chi connectivity index (χ1) is 13.3. The molecule has 28 heavy (non-hydrogen) atoms. The Morgan fingerprint density at radius 3 is 2.61 bits per heavy atom. The van der Waals surface area contributed by atoms with Gasteiger partial charge in [0.05, 0.1) is 11.3 Å². The van der Waals surface area contributed by atoms with Gasteiger partial charge in [-0.05, 0) is 12.1 Å². The largest absolute Gasteiger partial charge is 0.454 e. The van der Waals surface area contributed by atoms with E-state index in [2.05, 4.69) is 15.3 Å². The molecule has 3 aromatic rings. The van der Waals surface area contributed by atoms with Crippen molar-refractivity contribution >= 4 is 40.5 Å². The van der Waals surface area contributed by atoms with E-state index < -0.39 is 29.7 Å². The normalized spacial score (nSPS) is 10.8. The molecule has 0 bridgehead atoms. The second-order valence-corrected chi connectivity index (χ2v) is 6.26. The lowest BCUT2D eigenvalue weighted by Gasteiger charge is -2.08. The monoisotopic (exact) mass is 406 g/mol. The summed E-state index contributed by atoms with van der Waals surface area (Å²) >= 11 is 5.70. The molecule has 1 amide bonds. The minimum absolute atomic E-state index is 0.0800. The lowest BCUT2D eigenvalue weighted by Crippen LogP contribution is -2.37. The first-order valence-corrected chi connectivity index (χ1v) is 8.33. The molecule has 0 saturated carbocycles. The Balaban J connectivity index is 1.67. The van der Waals surface area contributed by atoms with E-state index in [1.807, 2.05) is 0 Å². The number of hydrogen-bond donors (Lipinski definition) is 1. The fraction of sp³-hybridized carbons (Fsp3) is 0.250. The highest BCUT2D eigenvalue weighted by Gasteiger charge is 2.17. The van der Waals surface area contributed by atoms with Gasteiger partial charge in [-0.1, -0.05) is 11.6 Å². The number of aromatic nitrogens is 5. The summed E-state index contributed by atoms with van der Waals surface area (Å²) in [5.74, 6) is -1.08. The number of imidazole rings is 1. The smallest absolute Gasteiger partial charge is 0.332 e. The van der Waals surface area contributed by atoms with Gasteiger partial charge >= 0.3 is 11.7 Å². The van der Waals surface area contributed by atoms with Gasteiger partial charge in [-0.3, -0.25) is 23.5 Å². The standard InChI is InChI=1S/C16H15ClN6O5/c1-21-14-13(15(26)22(2)16(21)27)23(8-19-14)6-12(25)28-7-11(24)20-10-4-3-9(17)5-18-10/h3-5,8H,6-7H2,1-2H3,(H,18,20,24). The van der Waals surface area contributed by atoms with Crippen molar-refractivity contribution in [2.75, 3.05) is 11.9 Å². The Bertz CT molecular complexity index is 1180. The number of esters is 1. The van der Waals surface area contributed by atoms with E-state index in [0.717, 1.165) is 4.57 Å². The van der Waals surface area contributed by atoms with Crippen LogP contribution in [0.15, 0.2) is 34.2 Å². The maximum atomic E-state index is 12.3. The van der Waals surface area contributed by atoms with Crippen LogP contribution in [-0.2, 0) is 35.0 Å². The van der Waals surface area contributed by atoms with Crippen LogP contribution in [0.3, 0.4) is 0 Å². The molecule has 3 aromatic heterocycles. The summed E-state index contributed by atoms with van der Waals surface area (Å²) in [4.78, 5) is 56.0. The highest BCUT2D eigenvalue weighted by atomic mass is 35.5. The molecule has 0 unspecified atom stereocenters. The Labute approximate surface area is 162 Å². The molecule has 0 aromatic carbocycles. The van der Waals surface area contributed by atoms with Crippen molar-refractivity contribution in [2.45, 2.75) is 6.54 Å². The van der Waals surface area contributed by atoms with Crippen molar-refractivity contribution in [1.29, 1.82) is 0 Å². The second-order valence-electron chi connectivity index (χ2n) is 5.82. The molecule has 0 saturated heterocycles. The van der Waals surface area contributed by atoms with Gasteiger partial charge in [0.1, 0.15) is 12.4 Å². The van der Waals surface area contributed by atoms with Crippen LogP contribution >= 0.6 is 11.6 Å². The number of hydrogen-bond acceptors (Lipinski definition) is 7. The highest BCUT2D eigenvalue weighted by molar-refractivity contribution is 6.30. The summed E-state index contributed by atoms with van der Waals surface area (Å²) in [6, 6.07) is 3.05. The fourth-order valence-corrected chi connectivity index (χ4v) is 2.59. The van der Waals surface area contributed by atoms with Crippen LogP contribution in [0.4, 0.5) is 5.82 Å². The number of nitrogens with zero attached hydrogens (tertiary/aromatic N) is 5. The van der Waals surface area contributed by atoms with Gasteiger partial charge in [0.2, 0.25) is 0 Å². The summed E-state index contributed by atoms with van der Waals surface area (Å²) < 4.78 is 8.29. The molecular weight excluding hydrogens is 392 g/mol. The van der Waals surface area contributed by atoms with Gasteiger partial charge in [-0.25, -0.2) is 14.8 Å². The molecule has 3 heterocycles. The lowest BCUT2D eigenvalue weighted by molar-refractivity contribution is -0.147. The highest BCUT2D eigenvalue weighted by Crippen LogP contribution is 2.09. The number of halogens is 1. The van der Waals surface area contributed by atoms with Crippen molar-refractivity contribution < 1.29 is 14.3 Å². The van der Waals surface area contributed by atoms with Crippen molar-refractivity contribution in [1.82, 2.24) is 23.7 Å². The lowest BCUT2D eigenvalue weighted by atomic mass is 10.4. The summed E-state index contributed by atoms with van der Waals surface area (Å²) in [6.45, 7) is -0.886. The van der Waals surface area contributed by atoms with Gasteiger partial charge in [0.25, 0.3) is 11.5 Å². The maximum absolute atomic E-state index is 12.3. The Morgan fingerprint density at radius 2 is 1.93 bits per heavy atom. The van der Waals surface area contributed by atoms with E-state index in [9.17, 15) is 19.2 Å². The summed E-state index contributed by atoms with van der Waals surface area (Å²) in [5, 5.41) is 2.86. The van der Waals surface area contributed by atoms with Crippen LogP contribution in [0.2, 0.25) is 5.02 Å². The molecule has 146 valence electrons. The van der Waals surface area contributed by atoms with Crippen LogP contribution in [0, 0.1) is 0 Å². The molecule has 0 aliphatic carbocycles. The van der Waals surface area contributed by atoms with Crippen LogP contribution in [0.1, 0.15) is 0 Å². The number of aryl methyl sites for hydroxylation is 1. The van der Waals surface area contributed by atoms with E-state index in [0.29, 0.717) is 5.02 Å². The predicted molar refractivity (Wildman–Crippen MR) is 99.1 cm³/mol. The van der Waals surface area contributed by atoms with Gasteiger partial charge in [0, 0.05) is 20.3 Å². The van der Waals surface area contributed by atoms with Crippen molar-refractivity contribution in [3.63, 3.8) is 0 Å². The van der Waals surface area contributed by atoms with E-state index in [4.69, 9.17) is 16.3 Å². The van der Waals surface area contributed by atoms with Crippen molar-refractivity contribution in [3.05, 3.63) is 50.5 Å².